The second kappa shape index (κ2) is 9.38. The zero-order valence-electron chi connectivity index (χ0n) is 19.8. The van der Waals surface area contributed by atoms with Crippen molar-refractivity contribution >= 4 is 33.5 Å². The number of fused-ring (bicyclic) bond motifs is 2. The van der Waals surface area contributed by atoms with Crippen LogP contribution in [-0.4, -0.2) is 40.5 Å². The molecule has 1 fully saturated rings. The summed E-state index contributed by atoms with van der Waals surface area (Å²) >= 11 is 0. The highest BCUT2D eigenvalue weighted by Gasteiger charge is 2.20. The van der Waals surface area contributed by atoms with Gasteiger partial charge in [0.05, 0.1) is 16.7 Å². The first-order valence-corrected chi connectivity index (χ1v) is 12.0. The molecule has 1 amide bonds. The van der Waals surface area contributed by atoms with Crippen LogP contribution in [0.5, 0.6) is 5.75 Å². The standard InChI is InChI=1S/C27H30N6O2/c1-16-14-18(35-17-10-12-31-13-11-17)15-23-26(16)32-25(9-8-24(28)34)33(23)22-7-6-21(27(29)30)19-4-2-3-5-20(19)22/h2-7,14-15,17,31H,8-13H2,1H3,(H2,28,34)(H3,29,30). The number of amides is 1. The molecule has 0 spiro atoms. The Morgan fingerprint density at radius 3 is 2.60 bits per heavy atom. The number of carbonyl (C=O) groups excluding carboxylic acids is 1. The normalized spacial score (nSPS) is 14.4. The predicted molar refractivity (Wildman–Crippen MR) is 138 cm³/mol. The van der Waals surface area contributed by atoms with E-state index in [1.54, 1.807) is 0 Å². The Labute approximate surface area is 203 Å². The molecule has 35 heavy (non-hydrogen) atoms. The van der Waals surface area contributed by atoms with E-state index in [9.17, 15) is 4.79 Å². The molecule has 1 aromatic heterocycles. The molecule has 5 rings (SSSR count). The Balaban J connectivity index is 1.72. The van der Waals surface area contributed by atoms with E-state index in [1.807, 2.05) is 55.5 Å². The van der Waals surface area contributed by atoms with Crippen molar-refractivity contribution in [2.24, 2.45) is 11.5 Å². The topological polar surface area (TPSA) is 132 Å². The third-order valence-electron chi connectivity index (χ3n) is 6.61. The minimum absolute atomic E-state index is 0.0192. The number of piperidine rings is 1. The van der Waals surface area contributed by atoms with Crippen molar-refractivity contribution in [1.82, 2.24) is 14.9 Å². The average Bonchev–Trinajstić information content (AvgIpc) is 3.21. The van der Waals surface area contributed by atoms with Crippen LogP contribution in [0.2, 0.25) is 0 Å². The molecule has 180 valence electrons. The van der Waals surface area contributed by atoms with Gasteiger partial charge in [-0.1, -0.05) is 24.3 Å². The first-order valence-electron chi connectivity index (χ1n) is 12.0. The van der Waals surface area contributed by atoms with Crippen molar-refractivity contribution in [3.05, 3.63) is 65.5 Å². The number of aryl methyl sites for hydroxylation is 2. The number of imidazole rings is 1. The summed E-state index contributed by atoms with van der Waals surface area (Å²) in [5.41, 5.74) is 15.7. The molecule has 0 aliphatic carbocycles. The summed E-state index contributed by atoms with van der Waals surface area (Å²) in [6.07, 6.45) is 2.73. The molecule has 6 N–H and O–H groups in total. The summed E-state index contributed by atoms with van der Waals surface area (Å²) < 4.78 is 8.47. The summed E-state index contributed by atoms with van der Waals surface area (Å²) in [5.74, 6) is 1.22. The summed E-state index contributed by atoms with van der Waals surface area (Å²) in [7, 11) is 0. The molecule has 0 saturated carbocycles. The SMILES string of the molecule is Cc1cc(OC2CCNCC2)cc2c1nc(CCC(N)=O)n2-c1ccc(C(=N)N)c2ccccc12. The van der Waals surface area contributed by atoms with Crippen LogP contribution in [0.1, 0.15) is 36.2 Å². The average molecular weight is 471 g/mol. The molecule has 2 heterocycles. The number of hydrogen-bond acceptors (Lipinski definition) is 5. The lowest BCUT2D eigenvalue weighted by Crippen LogP contribution is -2.34. The summed E-state index contributed by atoms with van der Waals surface area (Å²) in [6, 6.07) is 15.8. The van der Waals surface area contributed by atoms with Gasteiger partial charge >= 0.3 is 0 Å². The maximum Gasteiger partial charge on any atom is 0.217 e. The number of carbonyl (C=O) groups is 1. The number of benzene rings is 3. The third kappa shape index (κ3) is 4.44. The van der Waals surface area contributed by atoms with E-state index in [4.69, 9.17) is 26.6 Å². The van der Waals surface area contributed by atoms with Crippen molar-refractivity contribution in [1.29, 1.82) is 5.41 Å². The Morgan fingerprint density at radius 2 is 1.89 bits per heavy atom. The van der Waals surface area contributed by atoms with Crippen LogP contribution in [-0.2, 0) is 11.2 Å². The molecule has 1 saturated heterocycles. The number of aromatic nitrogens is 2. The van der Waals surface area contributed by atoms with Crippen LogP contribution >= 0.6 is 0 Å². The van der Waals surface area contributed by atoms with Crippen LogP contribution in [0.15, 0.2) is 48.5 Å². The Kier molecular flexibility index (Phi) is 6.13. The van der Waals surface area contributed by atoms with Gasteiger partial charge < -0.3 is 21.5 Å². The van der Waals surface area contributed by atoms with Crippen molar-refractivity contribution in [3.8, 4) is 11.4 Å². The summed E-state index contributed by atoms with van der Waals surface area (Å²) in [6.45, 7) is 3.94. The van der Waals surface area contributed by atoms with Crippen LogP contribution in [0, 0.1) is 12.3 Å². The van der Waals surface area contributed by atoms with Gasteiger partial charge in [-0.2, -0.15) is 0 Å². The van der Waals surface area contributed by atoms with Gasteiger partial charge in [0.25, 0.3) is 0 Å². The van der Waals surface area contributed by atoms with Crippen LogP contribution in [0.25, 0.3) is 27.5 Å². The van der Waals surface area contributed by atoms with Gasteiger partial charge in [-0.15, -0.1) is 0 Å². The molecule has 0 unspecified atom stereocenters. The van der Waals surface area contributed by atoms with E-state index in [0.717, 1.165) is 70.6 Å². The van der Waals surface area contributed by atoms with Crippen molar-refractivity contribution < 1.29 is 9.53 Å². The number of nitrogen functional groups attached to an aromatic ring is 1. The van der Waals surface area contributed by atoms with Crippen LogP contribution in [0.4, 0.5) is 0 Å². The molecule has 1 aliphatic heterocycles. The number of amidine groups is 1. The van der Waals surface area contributed by atoms with Gasteiger partial charge in [0.2, 0.25) is 5.91 Å². The maximum absolute atomic E-state index is 11.6. The quantitative estimate of drug-likeness (QED) is 0.243. The lowest BCUT2D eigenvalue weighted by Gasteiger charge is -2.24. The molecule has 0 atom stereocenters. The number of hydrogen-bond donors (Lipinski definition) is 4. The van der Waals surface area contributed by atoms with Gasteiger partial charge in [-0.3, -0.25) is 14.8 Å². The minimum atomic E-state index is -0.368. The monoisotopic (exact) mass is 470 g/mol. The summed E-state index contributed by atoms with van der Waals surface area (Å²) in [4.78, 5) is 16.6. The highest BCUT2D eigenvalue weighted by atomic mass is 16.5. The van der Waals surface area contributed by atoms with Crippen LogP contribution < -0.4 is 21.5 Å². The van der Waals surface area contributed by atoms with Crippen molar-refractivity contribution in [2.75, 3.05) is 13.1 Å². The molecule has 8 nitrogen and oxygen atoms in total. The maximum atomic E-state index is 11.6. The molecular weight excluding hydrogens is 440 g/mol. The fraction of sp³-hybridized carbons (Fsp3) is 0.296. The zero-order chi connectivity index (χ0) is 24.5. The predicted octanol–water partition coefficient (Wildman–Crippen LogP) is 3.32. The lowest BCUT2D eigenvalue weighted by atomic mass is 10.0. The van der Waals surface area contributed by atoms with E-state index in [0.29, 0.717) is 12.0 Å². The number of rotatable bonds is 7. The smallest absolute Gasteiger partial charge is 0.217 e. The van der Waals surface area contributed by atoms with E-state index < -0.39 is 0 Å². The van der Waals surface area contributed by atoms with Gasteiger partial charge in [0, 0.05) is 29.9 Å². The van der Waals surface area contributed by atoms with E-state index in [2.05, 4.69) is 9.88 Å². The summed E-state index contributed by atoms with van der Waals surface area (Å²) in [5, 5.41) is 13.2. The molecule has 4 aromatic rings. The molecule has 3 aromatic carbocycles. The van der Waals surface area contributed by atoms with Crippen molar-refractivity contribution in [3.63, 3.8) is 0 Å². The van der Waals surface area contributed by atoms with Crippen molar-refractivity contribution in [2.45, 2.75) is 38.7 Å². The second-order valence-electron chi connectivity index (χ2n) is 9.10. The fourth-order valence-corrected chi connectivity index (χ4v) is 4.92. The van der Waals surface area contributed by atoms with Crippen LogP contribution in [0.3, 0.4) is 0 Å². The number of nitrogens with one attached hydrogen (secondary N) is 2. The highest BCUT2D eigenvalue weighted by Crippen LogP contribution is 2.33. The first kappa shape index (κ1) is 22.9. The fourth-order valence-electron chi connectivity index (χ4n) is 4.92. The first-order chi connectivity index (χ1) is 16.9. The Hall–Kier alpha value is -3.91. The Morgan fingerprint density at radius 1 is 1.14 bits per heavy atom. The largest absolute Gasteiger partial charge is 0.490 e. The minimum Gasteiger partial charge on any atom is -0.490 e. The molecule has 0 radical (unpaired) electrons. The Bertz CT molecular complexity index is 1430. The number of nitrogens with two attached hydrogens (primary N) is 2. The number of primary amides is 1. The number of nitrogens with zero attached hydrogens (tertiary/aromatic N) is 2. The van der Waals surface area contributed by atoms with E-state index >= 15 is 0 Å². The third-order valence-corrected chi connectivity index (χ3v) is 6.61. The molecular formula is C27H30N6O2. The second-order valence-corrected chi connectivity index (χ2v) is 9.10. The van der Waals surface area contributed by atoms with Gasteiger partial charge in [0.1, 0.15) is 23.5 Å². The molecule has 8 heteroatoms. The van der Waals surface area contributed by atoms with Gasteiger partial charge in [0.15, 0.2) is 0 Å². The van der Waals surface area contributed by atoms with Gasteiger partial charge in [-0.05, 0) is 62.0 Å². The molecule has 1 aliphatic rings. The zero-order valence-corrected chi connectivity index (χ0v) is 19.8. The number of ether oxygens (including phenoxy) is 1. The lowest BCUT2D eigenvalue weighted by molar-refractivity contribution is -0.118. The van der Waals surface area contributed by atoms with E-state index in [-0.39, 0.29) is 24.3 Å². The highest BCUT2D eigenvalue weighted by molar-refractivity contribution is 6.10. The molecule has 0 bridgehead atoms. The van der Waals surface area contributed by atoms with E-state index in [1.165, 1.54) is 0 Å². The van der Waals surface area contributed by atoms with Gasteiger partial charge in [-0.25, -0.2) is 4.98 Å².